The molecule has 1 nitrogen and oxygen atoms in total. The monoisotopic (exact) mass is 309 g/mol. The standard InChI is InChI=1S/C12H15BrF3N/c1-2-7-17(9-12(14,15)16)8-10-5-3-4-6-11(10)13/h3-6H,2,7-9H2,1H3. The van der Waals surface area contributed by atoms with Crippen LogP contribution in [0, 0.1) is 0 Å². The van der Waals surface area contributed by atoms with Crippen LogP contribution >= 0.6 is 15.9 Å². The average molecular weight is 310 g/mol. The normalized spacial score (nSPS) is 12.1. The quantitative estimate of drug-likeness (QED) is 0.787. The van der Waals surface area contributed by atoms with Crippen LogP contribution in [0.5, 0.6) is 0 Å². The zero-order chi connectivity index (χ0) is 12.9. The van der Waals surface area contributed by atoms with Crippen molar-refractivity contribution in [1.82, 2.24) is 4.90 Å². The Labute approximate surface area is 108 Å². The fourth-order valence-corrected chi connectivity index (χ4v) is 2.06. The Balaban J connectivity index is 2.70. The van der Waals surface area contributed by atoms with Crippen LogP contribution in [0.1, 0.15) is 18.9 Å². The van der Waals surface area contributed by atoms with Gasteiger partial charge in [-0.15, -0.1) is 0 Å². The van der Waals surface area contributed by atoms with E-state index in [-0.39, 0.29) is 0 Å². The first-order chi connectivity index (χ1) is 7.92. The molecule has 17 heavy (non-hydrogen) atoms. The second-order valence-corrected chi connectivity index (χ2v) is 4.77. The number of hydrogen-bond acceptors (Lipinski definition) is 1. The van der Waals surface area contributed by atoms with Crippen molar-refractivity contribution >= 4 is 15.9 Å². The van der Waals surface area contributed by atoms with Gasteiger partial charge in [0.1, 0.15) is 0 Å². The van der Waals surface area contributed by atoms with Crippen molar-refractivity contribution in [1.29, 1.82) is 0 Å². The number of alkyl halides is 3. The Morgan fingerprint density at radius 2 is 1.88 bits per heavy atom. The molecule has 1 aromatic rings. The van der Waals surface area contributed by atoms with Crippen LogP contribution in [-0.2, 0) is 6.54 Å². The highest BCUT2D eigenvalue weighted by Crippen LogP contribution is 2.21. The molecule has 0 aliphatic carbocycles. The largest absolute Gasteiger partial charge is 0.401 e. The Kier molecular flexibility index (Phi) is 5.46. The number of halogens is 4. The van der Waals surface area contributed by atoms with Crippen LogP contribution in [0.15, 0.2) is 28.7 Å². The Morgan fingerprint density at radius 1 is 1.24 bits per heavy atom. The molecule has 0 aromatic heterocycles. The third-order valence-corrected chi connectivity index (χ3v) is 3.07. The van der Waals surface area contributed by atoms with Crippen molar-refractivity contribution < 1.29 is 13.2 Å². The average Bonchev–Trinajstić information content (AvgIpc) is 2.19. The fraction of sp³-hybridized carbons (Fsp3) is 0.500. The van der Waals surface area contributed by atoms with Crippen LogP contribution in [0.4, 0.5) is 13.2 Å². The molecule has 0 radical (unpaired) electrons. The lowest BCUT2D eigenvalue weighted by Crippen LogP contribution is -2.34. The molecule has 0 saturated heterocycles. The fourth-order valence-electron chi connectivity index (χ4n) is 1.65. The lowest BCUT2D eigenvalue weighted by Gasteiger charge is -2.23. The summed E-state index contributed by atoms with van der Waals surface area (Å²) in [7, 11) is 0. The van der Waals surface area contributed by atoms with Gasteiger partial charge >= 0.3 is 6.18 Å². The van der Waals surface area contributed by atoms with Gasteiger partial charge in [0.25, 0.3) is 0 Å². The minimum absolute atomic E-state index is 0.314. The number of hydrogen-bond donors (Lipinski definition) is 0. The van der Waals surface area contributed by atoms with Crippen LogP contribution in [0.25, 0.3) is 0 Å². The second kappa shape index (κ2) is 6.40. The number of rotatable bonds is 5. The minimum Gasteiger partial charge on any atom is -0.291 e. The summed E-state index contributed by atoms with van der Waals surface area (Å²) < 4.78 is 38.0. The van der Waals surface area contributed by atoms with Gasteiger partial charge in [-0.1, -0.05) is 41.1 Å². The second-order valence-electron chi connectivity index (χ2n) is 3.92. The van der Waals surface area contributed by atoms with E-state index in [0.717, 1.165) is 10.0 Å². The number of nitrogens with zero attached hydrogens (tertiary/aromatic N) is 1. The van der Waals surface area contributed by atoms with Crippen molar-refractivity contribution in [3.8, 4) is 0 Å². The first kappa shape index (κ1) is 14.5. The molecule has 0 N–H and O–H groups in total. The predicted octanol–water partition coefficient (Wildman–Crippen LogP) is 4.22. The molecule has 0 heterocycles. The summed E-state index contributed by atoms with van der Waals surface area (Å²) in [6.07, 6.45) is -3.43. The van der Waals surface area contributed by atoms with Gasteiger partial charge in [0.15, 0.2) is 0 Å². The van der Waals surface area contributed by atoms with Gasteiger partial charge in [-0.3, -0.25) is 4.90 Å². The summed E-state index contributed by atoms with van der Waals surface area (Å²) in [5.74, 6) is 0. The summed E-state index contributed by atoms with van der Waals surface area (Å²) >= 11 is 3.35. The Bertz CT molecular complexity index is 352. The Hall–Kier alpha value is -0.550. The van der Waals surface area contributed by atoms with Gasteiger partial charge in [0.2, 0.25) is 0 Å². The molecule has 0 saturated carbocycles. The van der Waals surface area contributed by atoms with Crippen LogP contribution in [0.2, 0.25) is 0 Å². The predicted molar refractivity (Wildman–Crippen MR) is 65.8 cm³/mol. The SMILES string of the molecule is CCCN(Cc1ccccc1Br)CC(F)(F)F. The lowest BCUT2D eigenvalue weighted by molar-refractivity contribution is -0.147. The molecule has 5 heteroatoms. The lowest BCUT2D eigenvalue weighted by atomic mass is 10.2. The highest BCUT2D eigenvalue weighted by molar-refractivity contribution is 9.10. The van der Waals surface area contributed by atoms with Gasteiger partial charge in [0, 0.05) is 11.0 Å². The first-order valence-corrected chi connectivity index (χ1v) is 6.24. The molecule has 1 rings (SSSR count). The molecule has 0 atom stereocenters. The molecule has 0 spiro atoms. The summed E-state index contributed by atoms with van der Waals surface area (Å²) in [5, 5.41) is 0. The van der Waals surface area contributed by atoms with Crippen molar-refractivity contribution in [2.45, 2.75) is 26.1 Å². The maximum Gasteiger partial charge on any atom is 0.401 e. The van der Waals surface area contributed by atoms with E-state index in [1.807, 2.05) is 31.2 Å². The first-order valence-electron chi connectivity index (χ1n) is 5.45. The molecule has 0 bridgehead atoms. The maximum atomic E-state index is 12.4. The van der Waals surface area contributed by atoms with Crippen molar-refractivity contribution in [3.05, 3.63) is 34.3 Å². The van der Waals surface area contributed by atoms with Gasteiger partial charge < -0.3 is 0 Å². The molecule has 0 amide bonds. The van der Waals surface area contributed by atoms with E-state index in [4.69, 9.17) is 0 Å². The molecule has 0 unspecified atom stereocenters. The third kappa shape index (κ3) is 5.55. The smallest absolute Gasteiger partial charge is 0.291 e. The molecular formula is C12H15BrF3N. The summed E-state index contributed by atoms with van der Waals surface area (Å²) in [5.41, 5.74) is 0.880. The van der Waals surface area contributed by atoms with E-state index < -0.39 is 12.7 Å². The topological polar surface area (TPSA) is 3.24 Å². The van der Waals surface area contributed by atoms with Crippen molar-refractivity contribution in [2.75, 3.05) is 13.1 Å². The van der Waals surface area contributed by atoms with Gasteiger partial charge in [-0.2, -0.15) is 13.2 Å². The molecule has 0 aliphatic rings. The zero-order valence-corrected chi connectivity index (χ0v) is 11.2. The summed E-state index contributed by atoms with van der Waals surface area (Å²) in [6.45, 7) is 1.78. The third-order valence-electron chi connectivity index (χ3n) is 2.29. The highest BCUT2D eigenvalue weighted by atomic mass is 79.9. The van der Waals surface area contributed by atoms with Gasteiger partial charge in [-0.25, -0.2) is 0 Å². The molecule has 1 aromatic carbocycles. The van der Waals surface area contributed by atoms with Crippen LogP contribution < -0.4 is 0 Å². The van der Waals surface area contributed by atoms with E-state index in [0.29, 0.717) is 19.5 Å². The van der Waals surface area contributed by atoms with E-state index in [1.54, 1.807) is 0 Å². The van der Waals surface area contributed by atoms with E-state index >= 15 is 0 Å². The molecule has 0 aliphatic heterocycles. The van der Waals surface area contributed by atoms with E-state index in [2.05, 4.69) is 15.9 Å². The van der Waals surface area contributed by atoms with Gasteiger partial charge in [0.05, 0.1) is 6.54 Å². The van der Waals surface area contributed by atoms with E-state index in [9.17, 15) is 13.2 Å². The minimum atomic E-state index is -4.14. The summed E-state index contributed by atoms with van der Waals surface area (Å²) in [6, 6.07) is 7.36. The molecule has 0 fully saturated rings. The van der Waals surface area contributed by atoms with Crippen LogP contribution in [-0.4, -0.2) is 24.2 Å². The van der Waals surface area contributed by atoms with Crippen molar-refractivity contribution in [3.63, 3.8) is 0 Å². The molecule has 96 valence electrons. The van der Waals surface area contributed by atoms with Gasteiger partial charge in [-0.05, 0) is 24.6 Å². The van der Waals surface area contributed by atoms with Crippen molar-refractivity contribution in [2.24, 2.45) is 0 Å². The summed E-state index contributed by atoms with van der Waals surface area (Å²) in [4.78, 5) is 1.42. The zero-order valence-electron chi connectivity index (χ0n) is 9.60. The van der Waals surface area contributed by atoms with Crippen LogP contribution in [0.3, 0.4) is 0 Å². The molecular weight excluding hydrogens is 295 g/mol. The Morgan fingerprint density at radius 3 is 2.41 bits per heavy atom. The maximum absolute atomic E-state index is 12.4. The number of benzene rings is 1. The van der Waals surface area contributed by atoms with E-state index in [1.165, 1.54) is 4.90 Å². The highest BCUT2D eigenvalue weighted by Gasteiger charge is 2.30.